The first kappa shape index (κ1) is 21.3. The van der Waals surface area contributed by atoms with E-state index in [0.717, 1.165) is 5.56 Å². The van der Waals surface area contributed by atoms with Crippen molar-refractivity contribution in [2.45, 2.75) is 6.04 Å². The summed E-state index contributed by atoms with van der Waals surface area (Å²) in [5, 5.41) is 29.2. The molecule has 0 bridgehead atoms. The minimum Gasteiger partial charge on any atom is -0.508 e. The molecule has 3 rings (SSSR count). The van der Waals surface area contributed by atoms with Crippen LogP contribution in [-0.2, 0) is 14.3 Å². The van der Waals surface area contributed by atoms with Crippen LogP contribution in [0.1, 0.15) is 17.2 Å². The van der Waals surface area contributed by atoms with Gasteiger partial charge in [-0.15, -0.1) is 0 Å². The molecule has 1 aliphatic heterocycles. The van der Waals surface area contributed by atoms with Gasteiger partial charge in [-0.1, -0.05) is 48.5 Å². The van der Waals surface area contributed by atoms with Crippen LogP contribution in [0.5, 0.6) is 5.75 Å². The predicted octanol–water partition coefficient (Wildman–Crippen LogP) is 2.38. The molecule has 1 unspecified atom stereocenters. The first-order valence-electron chi connectivity index (χ1n) is 9.52. The number of ether oxygens (including phenoxy) is 1. The number of hydrogen-bond acceptors (Lipinski definition) is 6. The molecule has 0 aromatic heterocycles. The van der Waals surface area contributed by atoms with E-state index in [1.165, 1.54) is 23.1 Å². The molecule has 1 heterocycles. The number of ketones is 1. The summed E-state index contributed by atoms with van der Waals surface area (Å²) in [5.41, 5.74) is 1.24. The number of carbonyl (C=O) groups excluding carboxylic acids is 2. The SMILES string of the molecule is O=C(C=Cc1ccccc1)C1=C(O)C(=O)N(CCOCCO)C1c1cccc(O)c1. The van der Waals surface area contributed by atoms with Crippen LogP contribution < -0.4 is 0 Å². The number of aromatic hydroxyl groups is 1. The van der Waals surface area contributed by atoms with Gasteiger partial charge in [-0.2, -0.15) is 0 Å². The average Bonchev–Trinajstić information content (AvgIpc) is 3.01. The molecular formula is C23H23NO6. The van der Waals surface area contributed by atoms with Gasteiger partial charge in [0.25, 0.3) is 5.91 Å². The van der Waals surface area contributed by atoms with Crippen molar-refractivity contribution in [1.82, 2.24) is 4.90 Å². The highest BCUT2D eigenvalue weighted by Crippen LogP contribution is 2.38. The molecule has 2 aromatic carbocycles. The highest BCUT2D eigenvalue weighted by atomic mass is 16.5. The summed E-state index contributed by atoms with van der Waals surface area (Å²) < 4.78 is 5.24. The van der Waals surface area contributed by atoms with E-state index in [-0.39, 0.29) is 37.7 Å². The zero-order chi connectivity index (χ0) is 21.5. The maximum Gasteiger partial charge on any atom is 0.290 e. The number of benzene rings is 2. The summed E-state index contributed by atoms with van der Waals surface area (Å²) in [4.78, 5) is 27.0. The number of rotatable bonds is 9. The molecule has 7 nitrogen and oxygen atoms in total. The molecule has 0 saturated carbocycles. The predicted molar refractivity (Wildman–Crippen MR) is 111 cm³/mol. The van der Waals surface area contributed by atoms with Crippen LogP contribution in [0.25, 0.3) is 6.08 Å². The van der Waals surface area contributed by atoms with E-state index in [1.807, 2.05) is 30.3 Å². The highest BCUT2D eigenvalue weighted by molar-refractivity contribution is 6.14. The summed E-state index contributed by atoms with van der Waals surface area (Å²) >= 11 is 0. The standard InChI is InChI=1S/C23H23NO6/c25-12-14-30-13-11-24-21(17-7-4-8-18(26)15-17)20(22(28)23(24)29)19(27)10-9-16-5-2-1-3-6-16/h1-10,15,21,25-26,28H,11-14H2. The second kappa shape index (κ2) is 9.87. The summed E-state index contributed by atoms with van der Waals surface area (Å²) in [7, 11) is 0. The van der Waals surface area contributed by atoms with Gasteiger partial charge in [-0.3, -0.25) is 9.59 Å². The Labute approximate surface area is 174 Å². The summed E-state index contributed by atoms with van der Waals surface area (Å²) in [6.45, 7) is 0.184. The third-order valence-electron chi connectivity index (χ3n) is 4.69. The monoisotopic (exact) mass is 409 g/mol. The number of nitrogens with zero attached hydrogens (tertiary/aromatic N) is 1. The Bertz CT molecular complexity index is 967. The van der Waals surface area contributed by atoms with Gasteiger partial charge in [0.15, 0.2) is 11.5 Å². The topological polar surface area (TPSA) is 107 Å². The maximum absolute atomic E-state index is 13.0. The summed E-state index contributed by atoms with van der Waals surface area (Å²) in [6, 6.07) is 14.5. The fourth-order valence-corrected chi connectivity index (χ4v) is 3.33. The van der Waals surface area contributed by atoms with Gasteiger partial charge in [-0.05, 0) is 29.3 Å². The smallest absolute Gasteiger partial charge is 0.290 e. The van der Waals surface area contributed by atoms with Crippen LogP contribution in [0.4, 0.5) is 0 Å². The van der Waals surface area contributed by atoms with Crippen molar-refractivity contribution in [2.24, 2.45) is 0 Å². The van der Waals surface area contributed by atoms with Crippen LogP contribution in [0, 0.1) is 0 Å². The van der Waals surface area contributed by atoms with Crippen LogP contribution in [0.15, 0.2) is 72.0 Å². The fraction of sp³-hybridized carbons (Fsp3) is 0.217. The van der Waals surface area contributed by atoms with Crippen LogP contribution in [0.3, 0.4) is 0 Å². The van der Waals surface area contributed by atoms with Crippen LogP contribution >= 0.6 is 0 Å². The van der Waals surface area contributed by atoms with E-state index in [9.17, 15) is 19.8 Å². The lowest BCUT2D eigenvalue weighted by atomic mass is 9.95. The maximum atomic E-state index is 13.0. The van der Waals surface area contributed by atoms with Gasteiger partial charge in [0, 0.05) is 6.54 Å². The molecule has 0 saturated heterocycles. The third-order valence-corrected chi connectivity index (χ3v) is 4.69. The van der Waals surface area contributed by atoms with E-state index < -0.39 is 23.5 Å². The van der Waals surface area contributed by atoms with E-state index in [2.05, 4.69) is 0 Å². The minimum absolute atomic E-state index is 0.0190. The molecule has 3 N–H and O–H groups in total. The van der Waals surface area contributed by atoms with Gasteiger partial charge < -0.3 is 25.0 Å². The number of hydrogen-bond donors (Lipinski definition) is 3. The van der Waals surface area contributed by atoms with Crippen molar-refractivity contribution >= 4 is 17.8 Å². The van der Waals surface area contributed by atoms with Gasteiger partial charge in [0.1, 0.15) is 5.75 Å². The zero-order valence-corrected chi connectivity index (χ0v) is 16.3. The van der Waals surface area contributed by atoms with Crippen molar-refractivity contribution in [2.75, 3.05) is 26.4 Å². The molecule has 1 amide bonds. The van der Waals surface area contributed by atoms with Gasteiger partial charge >= 0.3 is 0 Å². The number of aliphatic hydroxyl groups excluding tert-OH is 2. The Morgan fingerprint density at radius 3 is 2.53 bits per heavy atom. The Hall–Kier alpha value is -3.42. The van der Waals surface area contributed by atoms with Crippen LogP contribution in [0.2, 0.25) is 0 Å². The molecule has 0 aliphatic carbocycles. The van der Waals surface area contributed by atoms with E-state index in [0.29, 0.717) is 5.56 Å². The number of aliphatic hydroxyl groups is 2. The Morgan fingerprint density at radius 1 is 1.07 bits per heavy atom. The van der Waals surface area contributed by atoms with E-state index in [1.54, 1.807) is 18.2 Å². The lowest BCUT2D eigenvalue weighted by Gasteiger charge is -2.26. The summed E-state index contributed by atoms with van der Waals surface area (Å²) in [5.74, 6) is -1.83. The van der Waals surface area contributed by atoms with E-state index in [4.69, 9.17) is 9.84 Å². The molecule has 0 fully saturated rings. The number of carbonyl (C=O) groups is 2. The second-order valence-corrected chi connectivity index (χ2v) is 6.70. The number of phenolic OH excluding ortho intramolecular Hbond substituents is 1. The molecule has 2 aromatic rings. The van der Waals surface area contributed by atoms with Crippen molar-refractivity contribution < 1.29 is 29.6 Å². The number of amides is 1. The molecule has 156 valence electrons. The van der Waals surface area contributed by atoms with Crippen molar-refractivity contribution in [1.29, 1.82) is 0 Å². The lowest BCUT2D eigenvalue weighted by Crippen LogP contribution is -2.34. The first-order chi connectivity index (χ1) is 14.5. The first-order valence-corrected chi connectivity index (χ1v) is 9.52. The molecule has 30 heavy (non-hydrogen) atoms. The molecule has 1 aliphatic rings. The third kappa shape index (κ3) is 4.76. The molecule has 0 radical (unpaired) electrons. The van der Waals surface area contributed by atoms with Crippen LogP contribution in [-0.4, -0.2) is 58.3 Å². The highest BCUT2D eigenvalue weighted by Gasteiger charge is 2.42. The molecule has 7 heteroatoms. The molecular weight excluding hydrogens is 386 g/mol. The quantitative estimate of drug-likeness (QED) is 0.434. The molecule has 0 spiro atoms. The zero-order valence-electron chi connectivity index (χ0n) is 16.3. The summed E-state index contributed by atoms with van der Waals surface area (Å²) in [6.07, 6.45) is 2.93. The minimum atomic E-state index is -0.866. The molecule has 1 atom stereocenters. The largest absolute Gasteiger partial charge is 0.508 e. The van der Waals surface area contributed by atoms with Crippen molar-refractivity contribution in [3.8, 4) is 5.75 Å². The lowest BCUT2D eigenvalue weighted by molar-refractivity contribution is -0.130. The van der Waals surface area contributed by atoms with Gasteiger partial charge in [0.2, 0.25) is 0 Å². The van der Waals surface area contributed by atoms with Crippen molar-refractivity contribution in [3.63, 3.8) is 0 Å². The Morgan fingerprint density at radius 2 is 1.83 bits per heavy atom. The fourth-order valence-electron chi connectivity index (χ4n) is 3.33. The number of allylic oxidation sites excluding steroid dienone is 1. The Kier molecular flexibility index (Phi) is 7.00. The van der Waals surface area contributed by atoms with E-state index >= 15 is 0 Å². The van der Waals surface area contributed by atoms with Gasteiger partial charge in [0.05, 0.1) is 31.4 Å². The number of phenols is 1. The van der Waals surface area contributed by atoms with Crippen molar-refractivity contribution in [3.05, 3.63) is 83.1 Å². The average molecular weight is 409 g/mol. The van der Waals surface area contributed by atoms with Gasteiger partial charge in [-0.25, -0.2) is 0 Å². The Balaban J connectivity index is 1.92. The second-order valence-electron chi connectivity index (χ2n) is 6.70. The normalized spacial score (nSPS) is 16.6.